The lowest BCUT2D eigenvalue weighted by Gasteiger charge is -2.08. The Balaban J connectivity index is 1.71. The highest BCUT2D eigenvalue weighted by Crippen LogP contribution is 2.33. The summed E-state index contributed by atoms with van der Waals surface area (Å²) >= 11 is 3.34. The van der Waals surface area contributed by atoms with E-state index in [0.29, 0.717) is 11.3 Å². The van der Waals surface area contributed by atoms with Crippen molar-refractivity contribution >= 4 is 44.3 Å². The predicted molar refractivity (Wildman–Crippen MR) is 101 cm³/mol. The first-order valence-electron chi connectivity index (χ1n) is 7.63. The topological polar surface area (TPSA) is 43.1 Å². The van der Waals surface area contributed by atoms with E-state index in [1.807, 2.05) is 38.1 Å². The Morgan fingerprint density at radius 2 is 2.00 bits per heavy atom. The molecule has 0 aliphatic rings. The van der Waals surface area contributed by atoms with E-state index >= 15 is 0 Å². The Labute approximate surface area is 147 Å². The van der Waals surface area contributed by atoms with Gasteiger partial charge in [0, 0.05) is 17.2 Å². The molecule has 0 N–H and O–H groups in total. The molecule has 24 heavy (non-hydrogen) atoms. The number of hydrogen-bond acceptors (Lipinski definition) is 5. The minimum atomic E-state index is -0.295. The molecule has 0 saturated carbocycles. The molecule has 4 rings (SSSR count). The number of aryl methyl sites for hydroxylation is 2. The van der Waals surface area contributed by atoms with Gasteiger partial charge >= 0.3 is 5.63 Å². The molecule has 2 aromatic heterocycles. The number of nitrogens with zero attached hydrogens (tertiary/aromatic N) is 1. The Morgan fingerprint density at radius 3 is 2.83 bits per heavy atom. The van der Waals surface area contributed by atoms with E-state index < -0.39 is 0 Å². The third-order valence-corrected chi connectivity index (χ3v) is 6.37. The monoisotopic (exact) mass is 353 g/mol. The lowest BCUT2D eigenvalue weighted by atomic mass is 10.0. The average molecular weight is 353 g/mol. The van der Waals surface area contributed by atoms with Gasteiger partial charge in [0.2, 0.25) is 0 Å². The molecule has 0 aliphatic carbocycles. The summed E-state index contributed by atoms with van der Waals surface area (Å²) in [4.78, 5) is 16.6. The van der Waals surface area contributed by atoms with Crippen LogP contribution in [0.3, 0.4) is 0 Å². The van der Waals surface area contributed by atoms with Gasteiger partial charge < -0.3 is 4.42 Å². The molecule has 0 radical (unpaired) electrons. The van der Waals surface area contributed by atoms with Crippen molar-refractivity contribution in [2.75, 3.05) is 0 Å². The second-order valence-corrected chi connectivity index (χ2v) is 7.96. The normalized spacial score (nSPS) is 11.4. The maximum absolute atomic E-state index is 11.9. The van der Waals surface area contributed by atoms with Crippen molar-refractivity contribution in [1.82, 2.24) is 4.98 Å². The summed E-state index contributed by atoms with van der Waals surface area (Å²) in [6, 6.07) is 13.8. The number of para-hydroxylation sites is 1. The van der Waals surface area contributed by atoms with Gasteiger partial charge in [-0.25, -0.2) is 9.78 Å². The number of hydrogen-bond donors (Lipinski definition) is 0. The van der Waals surface area contributed by atoms with Crippen LogP contribution >= 0.6 is 23.1 Å². The van der Waals surface area contributed by atoms with Gasteiger partial charge in [0.15, 0.2) is 4.34 Å². The first-order valence-corrected chi connectivity index (χ1v) is 9.43. The fourth-order valence-corrected chi connectivity index (χ4v) is 4.76. The molecule has 0 spiro atoms. The van der Waals surface area contributed by atoms with Crippen molar-refractivity contribution in [2.45, 2.75) is 23.9 Å². The van der Waals surface area contributed by atoms with Crippen molar-refractivity contribution in [3.63, 3.8) is 0 Å². The first kappa shape index (κ1) is 15.4. The summed E-state index contributed by atoms with van der Waals surface area (Å²) in [7, 11) is 0. The number of aromatic nitrogens is 1. The maximum Gasteiger partial charge on any atom is 0.336 e. The van der Waals surface area contributed by atoms with E-state index in [1.54, 1.807) is 29.2 Å². The second kappa shape index (κ2) is 6.07. The minimum absolute atomic E-state index is 0.295. The number of thiazole rings is 1. The molecule has 0 aliphatic heterocycles. The van der Waals surface area contributed by atoms with Gasteiger partial charge in [0.25, 0.3) is 0 Å². The predicted octanol–water partition coefficient (Wildman–Crippen LogP) is 5.31. The molecule has 120 valence electrons. The molecule has 0 atom stereocenters. The van der Waals surface area contributed by atoms with Crippen LogP contribution in [0.25, 0.3) is 21.2 Å². The molecule has 0 saturated heterocycles. The lowest BCUT2D eigenvalue weighted by molar-refractivity contribution is 0.557. The molecule has 2 heterocycles. The van der Waals surface area contributed by atoms with Crippen molar-refractivity contribution in [3.05, 3.63) is 69.6 Å². The SMILES string of the molecule is Cc1ccc2c(CSc3nc4ccccc4s3)cc(=O)oc2c1C. The smallest absolute Gasteiger partial charge is 0.336 e. The molecular weight excluding hydrogens is 338 g/mol. The van der Waals surface area contributed by atoms with Gasteiger partial charge in [-0.05, 0) is 42.7 Å². The zero-order valence-corrected chi connectivity index (χ0v) is 15.0. The summed E-state index contributed by atoms with van der Waals surface area (Å²) < 4.78 is 7.64. The van der Waals surface area contributed by atoms with Gasteiger partial charge in [-0.2, -0.15) is 0 Å². The van der Waals surface area contributed by atoms with Crippen LogP contribution in [-0.2, 0) is 5.75 Å². The van der Waals surface area contributed by atoms with Crippen LogP contribution in [0.15, 0.2) is 56.0 Å². The van der Waals surface area contributed by atoms with Crippen LogP contribution < -0.4 is 5.63 Å². The molecule has 0 unspecified atom stereocenters. The summed E-state index contributed by atoms with van der Waals surface area (Å²) in [5.41, 5.74) is 4.57. The third kappa shape index (κ3) is 2.74. The average Bonchev–Trinajstić information content (AvgIpc) is 2.99. The first-order chi connectivity index (χ1) is 11.6. The Hall–Kier alpha value is -2.11. The molecule has 0 bridgehead atoms. The summed E-state index contributed by atoms with van der Waals surface area (Å²) in [6.45, 7) is 4.02. The molecule has 4 aromatic rings. The zero-order valence-electron chi connectivity index (χ0n) is 13.3. The highest BCUT2D eigenvalue weighted by Gasteiger charge is 2.11. The molecule has 3 nitrogen and oxygen atoms in total. The van der Waals surface area contributed by atoms with Gasteiger partial charge in [-0.3, -0.25) is 0 Å². The third-order valence-electron chi connectivity index (χ3n) is 4.14. The van der Waals surface area contributed by atoms with E-state index in [2.05, 4.69) is 17.1 Å². The van der Waals surface area contributed by atoms with Gasteiger partial charge in [-0.1, -0.05) is 36.0 Å². The van der Waals surface area contributed by atoms with E-state index in [1.165, 1.54) is 4.70 Å². The number of thioether (sulfide) groups is 1. The molecule has 2 aromatic carbocycles. The van der Waals surface area contributed by atoms with Crippen molar-refractivity contribution in [2.24, 2.45) is 0 Å². The lowest BCUT2D eigenvalue weighted by Crippen LogP contribution is -2.01. The van der Waals surface area contributed by atoms with E-state index in [0.717, 1.165) is 31.9 Å². The Bertz CT molecular complexity index is 1080. The highest BCUT2D eigenvalue weighted by molar-refractivity contribution is 8.00. The van der Waals surface area contributed by atoms with Crippen molar-refractivity contribution in [3.8, 4) is 0 Å². The molecule has 0 fully saturated rings. The van der Waals surface area contributed by atoms with Crippen LogP contribution in [-0.4, -0.2) is 4.98 Å². The van der Waals surface area contributed by atoms with Crippen LogP contribution in [0.2, 0.25) is 0 Å². The van der Waals surface area contributed by atoms with Crippen LogP contribution in [0.5, 0.6) is 0 Å². The number of rotatable bonds is 3. The van der Waals surface area contributed by atoms with E-state index in [4.69, 9.17) is 4.42 Å². The molecular formula is C19H15NO2S2. The Kier molecular flexibility index (Phi) is 3.90. The van der Waals surface area contributed by atoms with Crippen molar-refractivity contribution in [1.29, 1.82) is 0 Å². The minimum Gasteiger partial charge on any atom is -0.422 e. The van der Waals surface area contributed by atoms with E-state index in [-0.39, 0.29) is 5.63 Å². The van der Waals surface area contributed by atoms with Crippen LogP contribution in [0.4, 0.5) is 0 Å². The highest BCUT2D eigenvalue weighted by atomic mass is 32.2. The van der Waals surface area contributed by atoms with Gasteiger partial charge in [-0.15, -0.1) is 11.3 Å². The summed E-state index contributed by atoms with van der Waals surface area (Å²) in [6.07, 6.45) is 0. The van der Waals surface area contributed by atoms with E-state index in [9.17, 15) is 4.79 Å². The van der Waals surface area contributed by atoms with Gasteiger partial charge in [0.05, 0.1) is 10.2 Å². The van der Waals surface area contributed by atoms with Crippen molar-refractivity contribution < 1.29 is 4.42 Å². The standard InChI is InChI=1S/C19H15NO2S2/c1-11-7-8-14-13(9-17(21)22-18(14)12(11)2)10-23-19-20-15-5-3-4-6-16(15)24-19/h3-9H,10H2,1-2H3. The summed E-state index contributed by atoms with van der Waals surface area (Å²) in [5.74, 6) is 0.699. The largest absolute Gasteiger partial charge is 0.422 e. The van der Waals surface area contributed by atoms with Gasteiger partial charge in [0.1, 0.15) is 5.58 Å². The molecule has 5 heteroatoms. The number of fused-ring (bicyclic) bond motifs is 2. The maximum atomic E-state index is 11.9. The fourth-order valence-electron chi connectivity index (χ4n) is 2.70. The fraction of sp³-hybridized carbons (Fsp3) is 0.158. The summed E-state index contributed by atoms with van der Waals surface area (Å²) in [5, 5.41) is 1.01. The van der Waals surface area contributed by atoms with Crippen LogP contribution in [0, 0.1) is 13.8 Å². The quantitative estimate of drug-likeness (QED) is 0.370. The Morgan fingerprint density at radius 1 is 1.17 bits per heavy atom. The number of benzene rings is 2. The molecule has 0 amide bonds. The second-order valence-electron chi connectivity index (χ2n) is 5.71. The van der Waals surface area contributed by atoms with Crippen LogP contribution in [0.1, 0.15) is 16.7 Å². The zero-order chi connectivity index (χ0) is 16.7.